The van der Waals surface area contributed by atoms with Crippen LogP contribution < -0.4 is 4.74 Å². The molecule has 0 unspecified atom stereocenters. The molecule has 0 aromatic heterocycles. The van der Waals surface area contributed by atoms with Crippen LogP contribution in [0.15, 0.2) is 24.3 Å². The van der Waals surface area contributed by atoms with E-state index in [-0.39, 0.29) is 5.92 Å². The third-order valence-electron chi connectivity index (χ3n) is 4.06. The Bertz CT molecular complexity index is 605. The van der Waals surface area contributed by atoms with Crippen LogP contribution in [0.1, 0.15) is 39.7 Å². The average Bonchev–Trinajstić information content (AvgIpc) is 2.92. The van der Waals surface area contributed by atoms with E-state index in [1.54, 1.807) is 20.8 Å². The Kier molecular flexibility index (Phi) is 5.93. The molecule has 1 fully saturated rings. The van der Waals surface area contributed by atoms with Crippen molar-refractivity contribution < 1.29 is 24.2 Å². The second kappa shape index (κ2) is 7.76. The number of rotatable bonds is 5. The maximum absolute atomic E-state index is 12.3. The van der Waals surface area contributed by atoms with Gasteiger partial charge in [0.05, 0.1) is 6.61 Å². The smallest absolute Gasteiger partial charge is 0.411 e. The quantitative estimate of drug-likeness (QED) is 0.882. The molecule has 1 N–H and O–H groups in total. The third-order valence-corrected chi connectivity index (χ3v) is 4.06. The van der Waals surface area contributed by atoms with Gasteiger partial charge in [-0.3, -0.25) is 4.90 Å². The van der Waals surface area contributed by atoms with Gasteiger partial charge in [-0.1, -0.05) is 12.1 Å². The highest BCUT2D eigenvalue weighted by molar-refractivity contribution is 5.81. The summed E-state index contributed by atoms with van der Waals surface area (Å²) in [5.74, 6) is -0.0805. The minimum absolute atomic E-state index is 0.0894. The Morgan fingerprint density at radius 3 is 2.40 bits per heavy atom. The Balaban J connectivity index is 2.03. The normalized spacial score (nSPS) is 20.4. The Hall–Kier alpha value is -2.24. The monoisotopic (exact) mass is 349 g/mol. The minimum Gasteiger partial charge on any atom is -0.494 e. The lowest BCUT2D eigenvalue weighted by Gasteiger charge is -2.26. The van der Waals surface area contributed by atoms with Gasteiger partial charge in [-0.15, -0.1) is 0 Å². The number of ether oxygens (including phenoxy) is 2. The van der Waals surface area contributed by atoms with Gasteiger partial charge in [0, 0.05) is 6.54 Å². The van der Waals surface area contributed by atoms with Crippen LogP contribution in [-0.2, 0) is 16.0 Å². The summed E-state index contributed by atoms with van der Waals surface area (Å²) >= 11 is 0. The highest BCUT2D eigenvalue weighted by atomic mass is 16.6. The summed E-state index contributed by atoms with van der Waals surface area (Å²) in [6.45, 7) is 8.26. The number of carbonyl (C=O) groups excluding carboxylic acids is 1. The molecule has 25 heavy (non-hydrogen) atoms. The van der Waals surface area contributed by atoms with E-state index in [0.717, 1.165) is 17.7 Å². The molecule has 1 saturated heterocycles. The lowest BCUT2D eigenvalue weighted by Crippen LogP contribution is -2.43. The molecule has 2 rings (SSSR count). The number of hydrogen-bond donors (Lipinski definition) is 1. The van der Waals surface area contributed by atoms with Gasteiger partial charge in [0.25, 0.3) is 0 Å². The zero-order chi connectivity index (χ0) is 18.6. The molecular formula is C19H27NO5. The fourth-order valence-electron chi connectivity index (χ4n) is 3.05. The van der Waals surface area contributed by atoms with E-state index in [1.807, 2.05) is 31.2 Å². The first kappa shape index (κ1) is 19.1. The van der Waals surface area contributed by atoms with Gasteiger partial charge in [-0.05, 0) is 64.2 Å². The standard InChI is InChI=1S/C19H27NO5/c1-5-24-15-8-6-13(7-9-15)10-14-11-16(17(21)22)20(12-14)18(23)25-19(2,3)4/h6-9,14,16H,5,10-12H2,1-4H3,(H,21,22)/t14-,16-/m0/s1. The number of carbonyl (C=O) groups is 2. The van der Waals surface area contributed by atoms with Crippen molar-refractivity contribution in [3.05, 3.63) is 29.8 Å². The van der Waals surface area contributed by atoms with Crippen LogP contribution in [0.25, 0.3) is 0 Å². The maximum atomic E-state index is 12.3. The molecule has 6 heteroatoms. The molecule has 1 aliphatic rings. The topological polar surface area (TPSA) is 76.1 Å². The predicted molar refractivity (Wildman–Crippen MR) is 93.8 cm³/mol. The molecule has 0 bridgehead atoms. The number of carboxylic acid groups (broad SMARTS) is 1. The average molecular weight is 349 g/mol. The first-order valence-electron chi connectivity index (χ1n) is 8.63. The SMILES string of the molecule is CCOc1ccc(C[C@H]2C[C@@H](C(=O)O)N(C(=O)OC(C)(C)C)C2)cc1. The van der Waals surface area contributed by atoms with Crippen molar-refractivity contribution in [2.45, 2.75) is 52.2 Å². The molecule has 2 atom stereocenters. The molecule has 1 heterocycles. The van der Waals surface area contributed by atoms with Crippen LogP contribution in [0, 0.1) is 5.92 Å². The number of carboxylic acids is 1. The van der Waals surface area contributed by atoms with Gasteiger partial charge in [0.15, 0.2) is 0 Å². The van der Waals surface area contributed by atoms with Crippen LogP contribution in [0.4, 0.5) is 4.79 Å². The van der Waals surface area contributed by atoms with E-state index >= 15 is 0 Å². The van der Waals surface area contributed by atoms with Crippen molar-refractivity contribution in [2.24, 2.45) is 5.92 Å². The number of nitrogens with zero attached hydrogens (tertiary/aromatic N) is 1. The van der Waals surface area contributed by atoms with Crippen molar-refractivity contribution >= 4 is 12.1 Å². The zero-order valence-electron chi connectivity index (χ0n) is 15.3. The first-order chi connectivity index (χ1) is 11.7. The summed E-state index contributed by atoms with van der Waals surface area (Å²) in [5.41, 5.74) is 0.455. The molecular weight excluding hydrogens is 322 g/mol. The van der Waals surface area contributed by atoms with E-state index in [1.165, 1.54) is 4.90 Å². The summed E-state index contributed by atoms with van der Waals surface area (Å²) in [5, 5.41) is 9.44. The molecule has 138 valence electrons. The Morgan fingerprint density at radius 2 is 1.88 bits per heavy atom. The molecule has 0 radical (unpaired) electrons. The summed E-state index contributed by atoms with van der Waals surface area (Å²) in [6, 6.07) is 6.96. The molecule has 1 aromatic rings. The molecule has 0 saturated carbocycles. The second-order valence-electron chi connectivity index (χ2n) is 7.37. The van der Waals surface area contributed by atoms with Gasteiger partial charge in [0.2, 0.25) is 0 Å². The minimum atomic E-state index is -0.986. The van der Waals surface area contributed by atoms with Crippen molar-refractivity contribution in [3.8, 4) is 5.75 Å². The number of amides is 1. The molecule has 1 aliphatic heterocycles. The summed E-state index contributed by atoms with van der Waals surface area (Å²) in [7, 11) is 0. The highest BCUT2D eigenvalue weighted by Gasteiger charge is 2.41. The third kappa shape index (κ3) is 5.37. The van der Waals surface area contributed by atoms with Crippen molar-refractivity contribution in [2.75, 3.05) is 13.2 Å². The van der Waals surface area contributed by atoms with Crippen LogP contribution in [0.3, 0.4) is 0 Å². The Labute approximate surface area is 148 Å². The van der Waals surface area contributed by atoms with Crippen molar-refractivity contribution in [1.82, 2.24) is 4.90 Å². The largest absolute Gasteiger partial charge is 0.494 e. The van der Waals surface area contributed by atoms with Gasteiger partial charge in [0.1, 0.15) is 17.4 Å². The van der Waals surface area contributed by atoms with Crippen LogP contribution in [0.2, 0.25) is 0 Å². The number of likely N-dealkylation sites (tertiary alicyclic amines) is 1. The van der Waals surface area contributed by atoms with E-state index < -0.39 is 23.7 Å². The fourth-order valence-corrected chi connectivity index (χ4v) is 3.05. The maximum Gasteiger partial charge on any atom is 0.411 e. The van der Waals surface area contributed by atoms with E-state index in [4.69, 9.17) is 9.47 Å². The molecule has 6 nitrogen and oxygen atoms in total. The van der Waals surface area contributed by atoms with Gasteiger partial charge in [-0.2, -0.15) is 0 Å². The lowest BCUT2D eigenvalue weighted by molar-refractivity contribution is -0.142. The first-order valence-corrected chi connectivity index (χ1v) is 8.63. The van der Waals surface area contributed by atoms with E-state index in [9.17, 15) is 14.7 Å². The molecule has 1 amide bonds. The van der Waals surface area contributed by atoms with Crippen molar-refractivity contribution in [1.29, 1.82) is 0 Å². The lowest BCUT2D eigenvalue weighted by atomic mass is 9.97. The number of benzene rings is 1. The molecule has 0 spiro atoms. The second-order valence-corrected chi connectivity index (χ2v) is 7.37. The van der Waals surface area contributed by atoms with E-state index in [2.05, 4.69) is 0 Å². The number of hydrogen-bond acceptors (Lipinski definition) is 4. The predicted octanol–water partition coefficient (Wildman–Crippen LogP) is 3.34. The van der Waals surface area contributed by atoms with Crippen LogP contribution in [-0.4, -0.2) is 46.9 Å². The van der Waals surface area contributed by atoms with Gasteiger partial charge < -0.3 is 14.6 Å². The zero-order valence-corrected chi connectivity index (χ0v) is 15.3. The number of aliphatic carboxylic acids is 1. The highest BCUT2D eigenvalue weighted by Crippen LogP contribution is 2.29. The fraction of sp³-hybridized carbons (Fsp3) is 0.579. The van der Waals surface area contributed by atoms with Gasteiger partial charge in [-0.25, -0.2) is 9.59 Å². The van der Waals surface area contributed by atoms with Crippen LogP contribution in [0.5, 0.6) is 5.75 Å². The Morgan fingerprint density at radius 1 is 1.24 bits per heavy atom. The van der Waals surface area contributed by atoms with Crippen molar-refractivity contribution in [3.63, 3.8) is 0 Å². The summed E-state index contributed by atoms with van der Waals surface area (Å²) < 4.78 is 10.8. The molecule has 0 aliphatic carbocycles. The van der Waals surface area contributed by atoms with Crippen LogP contribution >= 0.6 is 0 Å². The summed E-state index contributed by atoms with van der Waals surface area (Å²) in [4.78, 5) is 25.2. The molecule has 1 aromatic carbocycles. The summed E-state index contributed by atoms with van der Waals surface area (Å²) in [6.07, 6.45) is 0.589. The van der Waals surface area contributed by atoms with Gasteiger partial charge >= 0.3 is 12.1 Å². The van der Waals surface area contributed by atoms with E-state index in [0.29, 0.717) is 19.6 Å².